The van der Waals surface area contributed by atoms with Crippen molar-refractivity contribution in [3.8, 4) is 28.5 Å². The molecule has 3 aromatic carbocycles. The molecule has 2 heterocycles. The molecule has 164 valence electrons. The molecule has 5 nitrogen and oxygen atoms in total. The molecule has 4 aromatic rings. The number of aromatic nitrogens is 1. The Morgan fingerprint density at radius 2 is 1.56 bits per heavy atom. The zero-order chi connectivity index (χ0) is 22.3. The predicted molar refractivity (Wildman–Crippen MR) is 129 cm³/mol. The van der Waals surface area contributed by atoms with Crippen molar-refractivity contribution in [2.45, 2.75) is 5.41 Å². The lowest BCUT2D eigenvalue weighted by atomic mass is 9.71. The quantitative estimate of drug-likeness (QED) is 0.361. The molecule has 6 heteroatoms. The van der Waals surface area contributed by atoms with Crippen molar-refractivity contribution in [1.29, 1.82) is 0 Å². The van der Waals surface area contributed by atoms with Crippen molar-refractivity contribution in [3.05, 3.63) is 76.3 Å². The summed E-state index contributed by atoms with van der Waals surface area (Å²) in [5, 5.41) is 1.17. The first-order valence-corrected chi connectivity index (χ1v) is 11.2. The van der Waals surface area contributed by atoms with Crippen molar-refractivity contribution >= 4 is 26.8 Å². The van der Waals surface area contributed by atoms with E-state index < -0.39 is 0 Å². The van der Waals surface area contributed by atoms with Crippen LogP contribution in [0.2, 0.25) is 0 Å². The zero-order valence-corrected chi connectivity index (χ0v) is 19.8. The third kappa shape index (κ3) is 3.17. The fourth-order valence-electron chi connectivity index (χ4n) is 4.61. The van der Waals surface area contributed by atoms with Gasteiger partial charge in [0.25, 0.3) is 0 Å². The van der Waals surface area contributed by atoms with E-state index in [-0.39, 0.29) is 5.41 Å². The highest BCUT2D eigenvalue weighted by molar-refractivity contribution is 9.10. The molecule has 0 unspecified atom stereocenters. The number of methoxy groups -OCH3 is 3. The van der Waals surface area contributed by atoms with Crippen LogP contribution in [0.1, 0.15) is 11.1 Å². The van der Waals surface area contributed by atoms with Crippen LogP contribution < -0.4 is 14.2 Å². The molecule has 0 saturated carbocycles. The van der Waals surface area contributed by atoms with Gasteiger partial charge in [-0.3, -0.25) is 0 Å². The molecule has 32 heavy (non-hydrogen) atoms. The standard InChI is InChI=1S/C26H24BrNO4/c1-29-21-11-17(12-22(30-2)25(21)31-3)26(14-32-15-26)23-19-10-9-18(27)13-20(19)28-24(23)16-7-5-4-6-8-16/h4-13,28H,14-15H2,1-3H3. The molecule has 0 amide bonds. The lowest BCUT2D eigenvalue weighted by molar-refractivity contribution is -0.0371. The lowest BCUT2D eigenvalue weighted by Crippen LogP contribution is -2.48. The molecule has 0 spiro atoms. The van der Waals surface area contributed by atoms with Gasteiger partial charge >= 0.3 is 0 Å². The van der Waals surface area contributed by atoms with E-state index in [4.69, 9.17) is 18.9 Å². The smallest absolute Gasteiger partial charge is 0.203 e. The minimum absolute atomic E-state index is 0.357. The van der Waals surface area contributed by atoms with Crippen LogP contribution in [0, 0.1) is 0 Å². The monoisotopic (exact) mass is 493 g/mol. The maximum absolute atomic E-state index is 5.85. The summed E-state index contributed by atoms with van der Waals surface area (Å²) in [6, 6.07) is 20.8. The van der Waals surface area contributed by atoms with Crippen LogP contribution in [0.15, 0.2) is 65.1 Å². The van der Waals surface area contributed by atoms with Crippen LogP contribution >= 0.6 is 15.9 Å². The second-order valence-corrected chi connectivity index (χ2v) is 8.84. The molecular formula is C26H24BrNO4. The summed E-state index contributed by atoms with van der Waals surface area (Å²) >= 11 is 3.61. The molecule has 0 radical (unpaired) electrons. The van der Waals surface area contributed by atoms with E-state index >= 15 is 0 Å². The van der Waals surface area contributed by atoms with Gasteiger partial charge in [0.05, 0.1) is 45.7 Å². The molecule has 0 atom stereocenters. The highest BCUT2D eigenvalue weighted by atomic mass is 79.9. The van der Waals surface area contributed by atoms with Gasteiger partial charge in [0.15, 0.2) is 11.5 Å². The number of benzene rings is 3. The van der Waals surface area contributed by atoms with Crippen LogP contribution in [0.5, 0.6) is 17.2 Å². The summed E-state index contributed by atoms with van der Waals surface area (Å²) in [5.41, 5.74) is 5.23. The fourth-order valence-corrected chi connectivity index (χ4v) is 4.97. The van der Waals surface area contributed by atoms with Crippen molar-refractivity contribution in [3.63, 3.8) is 0 Å². The number of fused-ring (bicyclic) bond motifs is 1. The number of rotatable bonds is 6. The van der Waals surface area contributed by atoms with Gasteiger partial charge in [-0.2, -0.15) is 0 Å². The number of halogens is 1. The van der Waals surface area contributed by atoms with Crippen LogP contribution in [0.3, 0.4) is 0 Å². The van der Waals surface area contributed by atoms with Crippen LogP contribution in [0.25, 0.3) is 22.2 Å². The Hall–Kier alpha value is -2.96. The van der Waals surface area contributed by atoms with E-state index in [9.17, 15) is 0 Å². The van der Waals surface area contributed by atoms with Crippen LogP contribution in [-0.4, -0.2) is 39.5 Å². The Morgan fingerprint density at radius 1 is 0.875 bits per heavy atom. The number of nitrogens with one attached hydrogen (secondary N) is 1. The van der Waals surface area contributed by atoms with Gasteiger partial charge in [-0.05, 0) is 35.4 Å². The minimum Gasteiger partial charge on any atom is -0.493 e. The third-order valence-corrected chi connectivity index (χ3v) is 6.71. The van der Waals surface area contributed by atoms with E-state index in [1.54, 1.807) is 21.3 Å². The summed E-state index contributed by atoms with van der Waals surface area (Å²) in [5.74, 6) is 1.86. The van der Waals surface area contributed by atoms with Gasteiger partial charge in [-0.25, -0.2) is 0 Å². The normalized spacial score (nSPS) is 14.8. The number of H-pyrrole nitrogens is 1. The Bertz CT molecular complexity index is 1250. The zero-order valence-electron chi connectivity index (χ0n) is 18.2. The maximum atomic E-state index is 5.85. The number of aromatic amines is 1. The van der Waals surface area contributed by atoms with E-state index in [1.165, 1.54) is 10.9 Å². The maximum Gasteiger partial charge on any atom is 0.203 e. The molecule has 0 aliphatic carbocycles. The predicted octanol–water partition coefficient (Wildman–Crippen LogP) is 5.94. The summed E-state index contributed by atoms with van der Waals surface area (Å²) < 4.78 is 23.7. The molecule has 1 saturated heterocycles. The van der Waals surface area contributed by atoms with Crippen molar-refractivity contribution in [2.24, 2.45) is 0 Å². The van der Waals surface area contributed by atoms with E-state index in [1.807, 2.05) is 18.2 Å². The van der Waals surface area contributed by atoms with Crippen molar-refractivity contribution < 1.29 is 18.9 Å². The van der Waals surface area contributed by atoms with Gasteiger partial charge < -0.3 is 23.9 Å². The van der Waals surface area contributed by atoms with E-state index in [0.29, 0.717) is 30.5 Å². The molecular weight excluding hydrogens is 470 g/mol. The van der Waals surface area contributed by atoms with Gasteiger partial charge in [0.2, 0.25) is 5.75 Å². The van der Waals surface area contributed by atoms with Crippen molar-refractivity contribution in [2.75, 3.05) is 34.5 Å². The van der Waals surface area contributed by atoms with Crippen LogP contribution in [-0.2, 0) is 10.2 Å². The minimum atomic E-state index is -0.357. The number of hydrogen-bond donors (Lipinski definition) is 1. The average Bonchev–Trinajstić information content (AvgIpc) is 3.17. The Morgan fingerprint density at radius 3 is 2.12 bits per heavy atom. The van der Waals surface area contributed by atoms with Gasteiger partial charge in [0, 0.05) is 20.9 Å². The second kappa shape index (κ2) is 8.19. The summed E-state index contributed by atoms with van der Waals surface area (Å²) in [6.07, 6.45) is 0. The fraction of sp³-hybridized carbons (Fsp3) is 0.231. The Labute approximate surface area is 195 Å². The molecule has 1 aliphatic heterocycles. The van der Waals surface area contributed by atoms with Gasteiger partial charge in [-0.1, -0.05) is 52.3 Å². The Balaban J connectivity index is 1.81. The SMILES string of the molecule is COc1cc(C2(c3c(-c4ccccc4)[nH]c4cc(Br)ccc34)COC2)cc(OC)c1OC. The lowest BCUT2D eigenvalue weighted by Gasteiger charge is -2.43. The first-order valence-electron chi connectivity index (χ1n) is 10.4. The molecule has 1 N–H and O–H groups in total. The van der Waals surface area contributed by atoms with E-state index in [0.717, 1.165) is 26.8 Å². The van der Waals surface area contributed by atoms with E-state index in [2.05, 4.69) is 63.4 Å². The highest BCUT2D eigenvalue weighted by Gasteiger charge is 2.46. The Kier molecular flexibility index (Phi) is 5.35. The first kappa shape index (κ1) is 20.9. The largest absolute Gasteiger partial charge is 0.493 e. The molecule has 5 rings (SSSR count). The van der Waals surface area contributed by atoms with Gasteiger partial charge in [0.1, 0.15) is 0 Å². The van der Waals surface area contributed by atoms with Crippen LogP contribution in [0.4, 0.5) is 0 Å². The summed E-state index contributed by atoms with van der Waals surface area (Å²) in [7, 11) is 4.90. The molecule has 1 aromatic heterocycles. The van der Waals surface area contributed by atoms with Crippen molar-refractivity contribution in [1.82, 2.24) is 4.98 Å². The average molecular weight is 494 g/mol. The summed E-state index contributed by atoms with van der Waals surface area (Å²) in [4.78, 5) is 3.67. The van der Waals surface area contributed by atoms with Gasteiger partial charge in [-0.15, -0.1) is 0 Å². The molecule has 0 bridgehead atoms. The molecule has 1 fully saturated rings. The highest BCUT2D eigenvalue weighted by Crippen LogP contribution is 2.50. The third-order valence-electron chi connectivity index (χ3n) is 6.22. The second-order valence-electron chi connectivity index (χ2n) is 7.92. The number of ether oxygens (including phenoxy) is 4. The first-order chi connectivity index (χ1) is 15.6. The summed E-state index contributed by atoms with van der Waals surface area (Å²) in [6.45, 7) is 1.13. The molecule has 1 aliphatic rings. The number of hydrogen-bond acceptors (Lipinski definition) is 4. The topological polar surface area (TPSA) is 52.7 Å².